The van der Waals surface area contributed by atoms with Gasteiger partial charge in [0.15, 0.2) is 0 Å². The van der Waals surface area contributed by atoms with Crippen LogP contribution in [0.2, 0.25) is 0 Å². The highest BCUT2D eigenvalue weighted by Gasteiger charge is 2.42. The Bertz CT molecular complexity index is 577. The molecule has 1 aliphatic heterocycles. The first-order chi connectivity index (χ1) is 8.80. The molecule has 0 fully saturated rings. The normalized spacial score (nSPS) is 20.7. The molecule has 1 heterocycles. The Morgan fingerprint density at radius 1 is 1.37 bits per heavy atom. The quantitative estimate of drug-likeness (QED) is 0.793. The molecule has 19 heavy (non-hydrogen) atoms. The Morgan fingerprint density at radius 3 is 2.63 bits per heavy atom. The second kappa shape index (κ2) is 4.68. The molecule has 0 saturated heterocycles. The van der Waals surface area contributed by atoms with Crippen LogP contribution >= 0.6 is 0 Å². The van der Waals surface area contributed by atoms with E-state index in [0.717, 1.165) is 5.56 Å². The van der Waals surface area contributed by atoms with E-state index in [1.807, 2.05) is 13.8 Å². The van der Waals surface area contributed by atoms with Crippen LogP contribution in [0.4, 0.5) is 0 Å². The van der Waals surface area contributed by atoms with Crippen molar-refractivity contribution in [3.8, 4) is 11.5 Å². The molecule has 0 N–H and O–H groups in total. The predicted octanol–water partition coefficient (Wildman–Crippen LogP) is 2.06. The van der Waals surface area contributed by atoms with Crippen LogP contribution in [0.1, 0.15) is 26.3 Å². The smallest absolute Gasteiger partial charge is 0.308 e. The molecule has 0 bridgehead atoms. The lowest BCUT2D eigenvalue weighted by molar-refractivity contribution is -0.0779. The third-order valence-corrected chi connectivity index (χ3v) is 4.41. The molecule has 1 aromatic carbocycles. The standard InChI is InChI=1S/C13H18O5S/c1-5-19(14,15)18-9-6-7-11-10(8-9)13(2,3)12(16-4)17-11/h6-8,12H,5H2,1-4H3. The molecule has 1 aromatic rings. The van der Waals surface area contributed by atoms with E-state index in [-0.39, 0.29) is 17.5 Å². The van der Waals surface area contributed by atoms with Gasteiger partial charge in [-0.05, 0) is 39.0 Å². The number of hydrogen-bond donors (Lipinski definition) is 0. The molecule has 0 amide bonds. The summed E-state index contributed by atoms with van der Waals surface area (Å²) < 4.78 is 38.9. The SMILES string of the molecule is CCS(=O)(=O)Oc1ccc2c(c1)C(C)(C)C(OC)O2. The van der Waals surface area contributed by atoms with E-state index in [0.29, 0.717) is 11.5 Å². The van der Waals surface area contributed by atoms with Crippen molar-refractivity contribution >= 4 is 10.1 Å². The van der Waals surface area contributed by atoms with E-state index in [9.17, 15) is 8.42 Å². The summed E-state index contributed by atoms with van der Waals surface area (Å²) in [7, 11) is -1.94. The van der Waals surface area contributed by atoms with Gasteiger partial charge in [-0.1, -0.05) is 0 Å². The maximum absolute atomic E-state index is 11.5. The van der Waals surface area contributed by atoms with Gasteiger partial charge in [0.2, 0.25) is 6.29 Å². The molecule has 1 aliphatic rings. The van der Waals surface area contributed by atoms with Gasteiger partial charge in [-0.15, -0.1) is 0 Å². The summed E-state index contributed by atoms with van der Waals surface area (Å²) in [6.45, 7) is 5.49. The first kappa shape index (κ1) is 14.1. The zero-order valence-electron chi connectivity index (χ0n) is 11.5. The third-order valence-electron chi connectivity index (χ3n) is 3.26. The van der Waals surface area contributed by atoms with E-state index in [1.165, 1.54) is 6.92 Å². The van der Waals surface area contributed by atoms with Crippen molar-refractivity contribution in [3.05, 3.63) is 23.8 Å². The molecule has 1 unspecified atom stereocenters. The highest BCUT2D eigenvalue weighted by molar-refractivity contribution is 7.87. The average Bonchev–Trinajstić information content (AvgIpc) is 2.60. The Kier molecular flexibility index (Phi) is 3.49. The molecule has 0 spiro atoms. The monoisotopic (exact) mass is 286 g/mol. The molecule has 0 saturated carbocycles. The van der Waals surface area contributed by atoms with Crippen LogP contribution in [-0.4, -0.2) is 27.6 Å². The predicted molar refractivity (Wildman–Crippen MR) is 71.0 cm³/mol. The van der Waals surface area contributed by atoms with E-state index in [2.05, 4.69) is 0 Å². The topological polar surface area (TPSA) is 61.8 Å². The van der Waals surface area contributed by atoms with Crippen LogP contribution in [0, 0.1) is 0 Å². The molecule has 1 atom stereocenters. The number of fused-ring (bicyclic) bond motifs is 1. The minimum Gasteiger partial charge on any atom is -0.464 e. The van der Waals surface area contributed by atoms with Gasteiger partial charge in [-0.3, -0.25) is 0 Å². The molecular weight excluding hydrogens is 268 g/mol. The molecule has 0 aliphatic carbocycles. The van der Waals surface area contributed by atoms with Crippen LogP contribution < -0.4 is 8.92 Å². The summed E-state index contributed by atoms with van der Waals surface area (Å²) >= 11 is 0. The largest absolute Gasteiger partial charge is 0.464 e. The highest BCUT2D eigenvalue weighted by Crippen LogP contribution is 2.44. The second-order valence-electron chi connectivity index (χ2n) is 4.99. The van der Waals surface area contributed by atoms with Crippen LogP contribution in [-0.2, 0) is 20.3 Å². The summed E-state index contributed by atoms with van der Waals surface area (Å²) in [5.74, 6) is 0.928. The first-order valence-corrected chi connectivity index (χ1v) is 7.64. The van der Waals surface area contributed by atoms with Crippen molar-refractivity contribution in [1.29, 1.82) is 0 Å². The lowest BCUT2D eigenvalue weighted by Gasteiger charge is -2.24. The zero-order chi connectivity index (χ0) is 14.3. The minimum absolute atomic E-state index is 0.0648. The van der Waals surface area contributed by atoms with Crippen molar-refractivity contribution in [3.63, 3.8) is 0 Å². The molecule has 2 rings (SSSR count). The third kappa shape index (κ3) is 2.55. The molecular formula is C13H18O5S. The van der Waals surface area contributed by atoms with Crippen molar-refractivity contribution < 1.29 is 22.1 Å². The van der Waals surface area contributed by atoms with Crippen LogP contribution in [0.3, 0.4) is 0 Å². The van der Waals surface area contributed by atoms with E-state index in [4.69, 9.17) is 13.7 Å². The summed E-state index contributed by atoms with van der Waals surface area (Å²) in [6, 6.07) is 4.98. The van der Waals surface area contributed by atoms with Crippen molar-refractivity contribution in [1.82, 2.24) is 0 Å². The Labute approximate surface area is 113 Å². The van der Waals surface area contributed by atoms with Crippen molar-refractivity contribution in [2.45, 2.75) is 32.5 Å². The van der Waals surface area contributed by atoms with Gasteiger partial charge in [-0.2, -0.15) is 8.42 Å². The summed E-state index contributed by atoms with van der Waals surface area (Å²) in [5, 5.41) is 0. The Morgan fingerprint density at radius 2 is 2.05 bits per heavy atom. The number of benzene rings is 1. The number of hydrogen-bond acceptors (Lipinski definition) is 5. The number of methoxy groups -OCH3 is 1. The van der Waals surface area contributed by atoms with Crippen molar-refractivity contribution in [2.75, 3.05) is 12.9 Å². The molecule has 6 heteroatoms. The summed E-state index contributed by atoms with van der Waals surface area (Å²) in [4.78, 5) is 0. The lowest BCUT2D eigenvalue weighted by Crippen LogP contribution is -2.33. The van der Waals surface area contributed by atoms with Gasteiger partial charge in [0.1, 0.15) is 11.5 Å². The van der Waals surface area contributed by atoms with Gasteiger partial charge in [0.25, 0.3) is 0 Å². The van der Waals surface area contributed by atoms with Crippen molar-refractivity contribution in [2.24, 2.45) is 0 Å². The maximum atomic E-state index is 11.5. The Balaban J connectivity index is 2.36. The molecule has 106 valence electrons. The first-order valence-electron chi connectivity index (χ1n) is 6.06. The Hall–Kier alpha value is -1.27. The van der Waals surface area contributed by atoms with Gasteiger partial charge in [0, 0.05) is 12.7 Å². The van der Waals surface area contributed by atoms with Gasteiger partial charge in [0.05, 0.1) is 11.2 Å². The fraction of sp³-hybridized carbons (Fsp3) is 0.538. The zero-order valence-corrected chi connectivity index (χ0v) is 12.3. The summed E-state index contributed by atoms with van der Waals surface area (Å²) in [6.07, 6.45) is -0.388. The van der Waals surface area contributed by atoms with Crippen LogP contribution in [0.5, 0.6) is 11.5 Å². The number of ether oxygens (including phenoxy) is 2. The van der Waals surface area contributed by atoms with E-state index in [1.54, 1.807) is 25.3 Å². The highest BCUT2D eigenvalue weighted by atomic mass is 32.2. The van der Waals surface area contributed by atoms with Gasteiger partial charge < -0.3 is 13.7 Å². The lowest BCUT2D eigenvalue weighted by atomic mass is 9.85. The fourth-order valence-electron chi connectivity index (χ4n) is 2.11. The average molecular weight is 286 g/mol. The summed E-state index contributed by atoms with van der Waals surface area (Å²) in [5.41, 5.74) is 0.516. The molecule has 5 nitrogen and oxygen atoms in total. The maximum Gasteiger partial charge on any atom is 0.308 e. The molecule has 0 radical (unpaired) electrons. The van der Waals surface area contributed by atoms with E-state index >= 15 is 0 Å². The van der Waals surface area contributed by atoms with Gasteiger partial charge >= 0.3 is 10.1 Å². The number of rotatable bonds is 4. The van der Waals surface area contributed by atoms with Gasteiger partial charge in [-0.25, -0.2) is 0 Å². The minimum atomic E-state index is -3.52. The fourth-order valence-corrected chi connectivity index (χ4v) is 2.62. The van der Waals surface area contributed by atoms with E-state index < -0.39 is 10.1 Å². The van der Waals surface area contributed by atoms with Crippen LogP contribution in [0.15, 0.2) is 18.2 Å². The van der Waals surface area contributed by atoms with Crippen LogP contribution in [0.25, 0.3) is 0 Å². The molecule has 0 aromatic heterocycles. The second-order valence-corrected chi connectivity index (χ2v) is 6.85.